The van der Waals surface area contributed by atoms with Gasteiger partial charge in [-0.05, 0) is 111 Å². The van der Waals surface area contributed by atoms with Crippen molar-refractivity contribution in [2.45, 2.75) is 46.0 Å². The van der Waals surface area contributed by atoms with Gasteiger partial charge in [-0.1, -0.05) is 35.4 Å². The van der Waals surface area contributed by atoms with Crippen LogP contribution in [0.25, 0.3) is 22.2 Å². The summed E-state index contributed by atoms with van der Waals surface area (Å²) in [5.41, 5.74) is 9.45. The molecule has 4 aromatic rings. The van der Waals surface area contributed by atoms with Gasteiger partial charge in [0.05, 0.1) is 12.7 Å². The lowest BCUT2D eigenvalue weighted by molar-refractivity contribution is -0.136. The van der Waals surface area contributed by atoms with Gasteiger partial charge in [-0.3, -0.25) is 9.52 Å². The predicted octanol–water partition coefficient (Wildman–Crippen LogP) is 5.61. The van der Waals surface area contributed by atoms with Crippen LogP contribution < -0.4 is 10.0 Å². The summed E-state index contributed by atoms with van der Waals surface area (Å²) in [6, 6.07) is 20.0. The summed E-state index contributed by atoms with van der Waals surface area (Å²) in [6.07, 6.45) is 4.98. The highest BCUT2D eigenvalue weighted by atomic mass is 32.2. The van der Waals surface area contributed by atoms with Gasteiger partial charge in [-0.15, -0.1) is 0 Å². The Morgan fingerprint density at radius 1 is 0.872 bits per heavy atom. The number of benzene rings is 3. The maximum absolute atomic E-state index is 11.4. The highest BCUT2D eigenvalue weighted by molar-refractivity contribution is 7.92. The van der Waals surface area contributed by atoms with Gasteiger partial charge in [0, 0.05) is 22.3 Å². The summed E-state index contributed by atoms with van der Waals surface area (Å²) >= 11 is 0. The summed E-state index contributed by atoms with van der Waals surface area (Å²) in [4.78, 5) is 14.9. The number of aliphatic carboxylic acids is 1. The first kappa shape index (κ1) is 28.4. The van der Waals surface area contributed by atoms with E-state index in [-0.39, 0.29) is 6.42 Å². The number of rotatable bonds is 13. The van der Waals surface area contributed by atoms with Crippen molar-refractivity contribution in [3.05, 3.63) is 88.5 Å². The minimum atomic E-state index is -3.26. The van der Waals surface area contributed by atoms with E-state index < -0.39 is 16.0 Å². The topological polar surface area (TPSA) is 111 Å². The molecule has 0 aliphatic heterocycles. The third kappa shape index (κ3) is 8.18. The van der Waals surface area contributed by atoms with Crippen LogP contribution in [0.3, 0.4) is 0 Å². The number of aromatic nitrogens is 1. The van der Waals surface area contributed by atoms with Crippen LogP contribution in [-0.2, 0) is 34.1 Å². The molecule has 8 heteroatoms. The Morgan fingerprint density at radius 3 is 2.23 bits per heavy atom. The Bertz CT molecular complexity index is 1540. The summed E-state index contributed by atoms with van der Waals surface area (Å²) in [5, 5.41) is 13.9. The van der Waals surface area contributed by atoms with Crippen LogP contribution in [0.4, 0.5) is 5.69 Å². The van der Waals surface area contributed by atoms with Crippen molar-refractivity contribution in [2.24, 2.45) is 0 Å². The molecule has 1 aromatic heterocycles. The first-order chi connectivity index (χ1) is 18.6. The van der Waals surface area contributed by atoms with E-state index in [1.54, 1.807) is 12.1 Å². The molecule has 0 unspecified atom stereocenters. The summed E-state index contributed by atoms with van der Waals surface area (Å²) in [5.74, 6) is -0.829. The van der Waals surface area contributed by atoms with E-state index in [0.29, 0.717) is 5.69 Å². The number of unbranched alkanes of at least 4 members (excludes halogenated alkanes) is 1. The molecule has 39 heavy (non-hydrogen) atoms. The smallest absolute Gasteiger partial charge is 0.307 e. The fourth-order valence-electron chi connectivity index (χ4n) is 5.08. The van der Waals surface area contributed by atoms with Gasteiger partial charge in [0.1, 0.15) is 0 Å². The van der Waals surface area contributed by atoms with Crippen molar-refractivity contribution >= 4 is 32.6 Å². The molecule has 0 aliphatic rings. The molecule has 0 radical (unpaired) electrons. The van der Waals surface area contributed by atoms with Gasteiger partial charge in [0.15, 0.2) is 0 Å². The minimum absolute atomic E-state index is 0.00857. The zero-order valence-corrected chi connectivity index (χ0v) is 23.6. The number of aryl methyl sites for hydroxylation is 3. The molecule has 0 saturated heterocycles. The van der Waals surface area contributed by atoms with E-state index in [4.69, 9.17) is 0 Å². The van der Waals surface area contributed by atoms with Crippen molar-refractivity contribution in [1.82, 2.24) is 10.3 Å². The second-order valence-electron chi connectivity index (χ2n) is 10.3. The molecule has 4 rings (SSSR count). The third-order valence-corrected chi connectivity index (χ3v) is 7.32. The summed E-state index contributed by atoms with van der Waals surface area (Å²) in [6.45, 7) is 5.93. The number of carboxylic acid groups (broad SMARTS) is 1. The van der Waals surface area contributed by atoms with E-state index in [1.165, 1.54) is 22.3 Å². The fourth-order valence-corrected chi connectivity index (χ4v) is 5.64. The number of fused-ring (bicyclic) bond motifs is 1. The Morgan fingerprint density at radius 2 is 1.56 bits per heavy atom. The molecule has 0 aliphatic carbocycles. The lowest BCUT2D eigenvalue weighted by Gasteiger charge is -2.10. The minimum Gasteiger partial charge on any atom is -0.481 e. The van der Waals surface area contributed by atoms with Crippen molar-refractivity contribution in [3.63, 3.8) is 0 Å². The molecule has 1 heterocycles. The van der Waals surface area contributed by atoms with Crippen LogP contribution in [-0.4, -0.2) is 43.8 Å². The number of carbonyl (C=O) groups is 1. The summed E-state index contributed by atoms with van der Waals surface area (Å²) < 4.78 is 25.2. The lowest BCUT2D eigenvalue weighted by Crippen LogP contribution is -2.18. The van der Waals surface area contributed by atoms with Gasteiger partial charge in [-0.25, -0.2) is 8.42 Å². The molecule has 0 fully saturated rings. The molecule has 0 bridgehead atoms. The van der Waals surface area contributed by atoms with Crippen LogP contribution in [0.5, 0.6) is 0 Å². The van der Waals surface area contributed by atoms with E-state index in [9.17, 15) is 18.3 Å². The van der Waals surface area contributed by atoms with Crippen LogP contribution in [0.15, 0.2) is 60.7 Å². The second kappa shape index (κ2) is 12.5. The Labute approximate surface area is 230 Å². The first-order valence-electron chi connectivity index (χ1n) is 13.3. The van der Waals surface area contributed by atoms with Crippen molar-refractivity contribution in [3.8, 4) is 11.3 Å². The van der Waals surface area contributed by atoms with Crippen molar-refractivity contribution in [2.75, 3.05) is 24.1 Å². The SMILES string of the molecule is Cc1cc(C)cc(-c2[nH]c3ccc(CC(=O)O)cc3c2CCNCCCCc2ccc(NS(C)(=O)=O)cc2)c1. The van der Waals surface area contributed by atoms with Gasteiger partial charge in [-0.2, -0.15) is 0 Å². The normalized spacial score (nSPS) is 11.7. The highest BCUT2D eigenvalue weighted by Crippen LogP contribution is 2.32. The molecule has 0 spiro atoms. The Kier molecular flexibility index (Phi) is 9.09. The van der Waals surface area contributed by atoms with Crippen LogP contribution in [0.2, 0.25) is 0 Å². The van der Waals surface area contributed by atoms with Crippen molar-refractivity contribution < 1.29 is 18.3 Å². The largest absolute Gasteiger partial charge is 0.481 e. The number of nitrogens with one attached hydrogen (secondary N) is 3. The standard InChI is InChI=1S/C31H37N3O4S/c1-21-16-22(2)18-25(17-21)31-27(28-19-24(20-30(35)36)9-12-29(28)33-31)13-15-32-14-5-4-6-23-7-10-26(11-8-23)34-39(3,37)38/h7-12,16-19,32-34H,4-6,13-15,20H2,1-3H3,(H,35,36). The molecule has 7 nitrogen and oxygen atoms in total. The number of anilines is 1. The Balaban J connectivity index is 1.37. The maximum atomic E-state index is 11.4. The molecule has 3 aromatic carbocycles. The molecule has 206 valence electrons. The molecule has 0 atom stereocenters. The number of H-pyrrole nitrogens is 1. The van der Waals surface area contributed by atoms with Crippen LogP contribution >= 0.6 is 0 Å². The molecule has 0 saturated carbocycles. The average Bonchev–Trinajstić information content (AvgIpc) is 3.20. The number of hydrogen-bond donors (Lipinski definition) is 4. The third-order valence-electron chi connectivity index (χ3n) is 6.71. The maximum Gasteiger partial charge on any atom is 0.307 e. The molecule has 4 N–H and O–H groups in total. The number of sulfonamides is 1. The number of hydrogen-bond acceptors (Lipinski definition) is 4. The van der Waals surface area contributed by atoms with Gasteiger partial charge < -0.3 is 15.4 Å². The van der Waals surface area contributed by atoms with E-state index in [2.05, 4.69) is 47.1 Å². The van der Waals surface area contributed by atoms with Crippen molar-refractivity contribution in [1.29, 1.82) is 0 Å². The van der Waals surface area contributed by atoms with E-state index in [1.807, 2.05) is 30.3 Å². The molecular weight excluding hydrogens is 510 g/mol. The monoisotopic (exact) mass is 547 g/mol. The molecular formula is C31H37N3O4S. The molecule has 0 amide bonds. The highest BCUT2D eigenvalue weighted by Gasteiger charge is 2.15. The van der Waals surface area contributed by atoms with E-state index >= 15 is 0 Å². The predicted molar refractivity (Wildman–Crippen MR) is 159 cm³/mol. The van der Waals surface area contributed by atoms with Gasteiger partial charge >= 0.3 is 5.97 Å². The quantitative estimate of drug-likeness (QED) is 0.163. The number of aromatic amines is 1. The average molecular weight is 548 g/mol. The van der Waals surface area contributed by atoms with Crippen LogP contribution in [0, 0.1) is 13.8 Å². The van der Waals surface area contributed by atoms with E-state index in [0.717, 1.165) is 72.8 Å². The fraction of sp³-hybridized carbons (Fsp3) is 0.323. The zero-order valence-electron chi connectivity index (χ0n) is 22.8. The summed E-state index contributed by atoms with van der Waals surface area (Å²) in [7, 11) is -3.26. The van der Waals surface area contributed by atoms with Gasteiger partial charge in [0.25, 0.3) is 0 Å². The zero-order chi connectivity index (χ0) is 28.0. The second-order valence-corrected chi connectivity index (χ2v) is 12.1. The van der Waals surface area contributed by atoms with Gasteiger partial charge in [0.2, 0.25) is 10.0 Å². The van der Waals surface area contributed by atoms with Crippen LogP contribution in [0.1, 0.15) is 40.7 Å². The number of carboxylic acids is 1. The Hall–Kier alpha value is -3.62. The lowest BCUT2D eigenvalue weighted by atomic mass is 9.98. The first-order valence-corrected chi connectivity index (χ1v) is 15.2.